The van der Waals surface area contributed by atoms with Gasteiger partial charge >= 0.3 is 0 Å². The first-order valence-electron chi connectivity index (χ1n) is 20.1. The second-order valence-electron chi connectivity index (χ2n) is 15.2. The molecule has 4 heterocycles. The molecule has 12 aromatic rings. The van der Waals surface area contributed by atoms with Crippen LogP contribution in [0.1, 0.15) is 0 Å². The molecule has 0 radical (unpaired) electrons. The summed E-state index contributed by atoms with van der Waals surface area (Å²) >= 11 is 0. The number of fused-ring (bicyclic) bond motifs is 7. The van der Waals surface area contributed by atoms with Gasteiger partial charge in [-0.1, -0.05) is 133 Å². The Morgan fingerprint density at radius 1 is 0.305 bits per heavy atom. The van der Waals surface area contributed by atoms with Crippen molar-refractivity contribution in [2.45, 2.75) is 0 Å². The van der Waals surface area contributed by atoms with Gasteiger partial charge in [0.15, 0.2) is 0 Å². The van der Waals surface area contributed by atoms with Crippen LogP contribution in [0.5, 0.6) is 0 Å². The van der Waals surface area contributed by atoms with Gasteiger partial charge in [0.25, 0.3) is 0 Å². The molecular weight excluding hydrogens is 717 g/mol. The lowest BCUT2D eigenvalue weighted by Gasteiger charge is -2.09. The molecule has 0 aliphatic rings. The summed E-state index contributed by atoms with van der Waals surface area (Å²) in [7, 11) is 0. The molecule has 0 saturated heterocycles. The van der Waals surface area contributed by atoms with Crippen molar-refractivity contribution in [3.05, 3.63) is 219 Å². The molecule has 276 valence electrons. The van der Waals surface area contributed by atoms with E-state index >= 15 is 0 Å². The quantitative estimate of drug-likeness (QED) is 0.166. The molecular formula is C55H36N4. The summed E-state index contributed by atoms with van der Waals surface area (Å²) in [4.78, 5) is 5.06. The average Bonchev–Trinajstić information content (AvgIpc) is 3.97. The minimum Gasteiger partial charge on any atom is -0.309 e. The van der Waals surface area contributed by atoms with E-state index in [0.717, 1.165) is 33.8 Å². The summed E-state index contributed by atoms with van der Waals surface area (Å²) in [5.74, 6) is 0. The van der Waals surface area contributed by atoms with Gasteiger partial charge in [0, 0.05) is 50.2 Å². The molecule has 0 aliphatic carbocycles. The lowest BCUT2D eigenvalue weighted by Crippen LogP contribution is -1.93. The van der Waals surface area contributed by atoms with Crippen LogP contribution in [-0.4, -0.2) is 18.5 Å². The molecule has 4 nitrogen and oxygen atoms in total. The molecule has 8 aromatic carbocycles. The number of benzene rings is 8. The molecule has 0 bridgehead atoms. The van der Waals surface area contributed by atoms with Crippen molar-refractivity contribution in [3.8, 4) is 56.1 Å². The Labute approximate surface area is 341 Å². The van der Waals surface area contributed by atoms with Crippen LogP contribution in [0.15, 0.2) is 219 Å². The highest BCUT2D eigenvalue weighted by Gasteiger charge is 2.19. The second-order valence-corrected chi connectivity index (χ2v) is 15.2. The number of hydrogen-bond acceptors (Lipinski definition) is 1. The first-order valence-corrected chi connectivity index (χ1v) is 20.1. The Kier molecular flexibility index (Phi) is 7.50. The van der Waals surface area contributed by atoms with E-state index < -0.39 is 0 Å². The van der Waals surface area contributed by atoms with Crippen LogP contribution in [0.25, 0.3) is 105 Å². The zero-order chi connectivity index (χ0) is 38.9. The van der Waals surface area contributed by atoms with Gasteiger partial charge in [-0.3, -0.25) is 4.40 Å². The number of hydrogen-bond donors (Lipinski definition) is 0. The minimum atomic E-state index is 0.934. The normalized spacial score (nSPS) is 11.7. The molecule has 0 fully saturated rings. The summed E-state index contributed by atoms with van der Waals surface area (Å²) in [5, 5.41) is 4.95. The second kappa shape index (κ2) is 13.3. The highest BCUT2D eigenvalue weighted by Crippen LogP contribution is 2.40. The van der Waals surface area contributed by atoms with Gasteiger partial charge in [0.05, 0.1) is 33.5 Å². The number of rotatable bonds is 6. The van der Waals surface area contributed by atoms with Crippen molar-refractivity contribution < 1.29 is 0 Å². The molecule has 4 aromatic heterocycles. The molecule has 12 rings (SSSR count). The van der Waals surface area contributed by atoms with Crippen molar-refractivity contribution in [1.29, 1.82) is 0 Å². The highest BCUT2D eigenvalue weighted by molar-refractivity contribution is 6.13. The van der Waals surface area contributed by atoms with E-state index in [0.29, 0.717) is 0 Å². The van der Waals surface area contributed by atoms with Crippen LogP contribution in [0, 0.1) is 0 Å². The third-order valence-corrected chi connectivity index (χ3v) is 11.9. The van der Waals surface area contributed by atoms with E-state index in [4.69, 9.17) is 4.98 Å². The largest absolute Gasteiger partial charge is 0.309 e. The van der Waals surface area contributed by atoms with E-state index in [9.17, 15) is 0 Å². The molecule has 4 heteroatoms. The fraction of sp³-hybridized carbons (Fsp3) is 0. The number of pyridine rings is 1. The van der Waals surface area contributed by atoms with Gasteiger partial charge in [-0.05, 0) is 101 Å². The molecule has 0 N–H and O–H groups in total. The summed E-state index contributed by atoms with van der Waals surface area (Å²) in [6.07, 6.45) is 2.10. The van der Waals surface area contributed by atoms with Gasteiger partial charge in [-0.15, -0.1) is 0 Å². The summed E-state index contributed by atoms with van der Waals surface area (Å²) < 4.78 is 6.96. The van der Waals surface area contributed by atoms with Crippen LogP contribution < -0.4 is 0 Å². The van der Waals surface area contributed by atoms with Crippen LogP contribution in [-0.2, 0) is 0 Å². The number of nitrogens with zero attached hydrogens (tertiary/aromatic N) is 4. The van der Waals surface area contributed by atoms with Crippen molar-refractivity contribution >= 4 is 49.3 Å². The third-order valence-electron chi connectivity index (χ3n) is 11.9. The molecule has 0 atom stereocenters. The standard InChI is InChI=1S/C55H36N4/c1-4-14-38(15-5-1)54-55(57-33-13-12-22-53(57)56-54)39-25-23-37(24-26-39)40-27-30-51-47(34-40)48-36-42(29-32-52(48)59(51)44-18-8-3-9-19-44)41-28-31-50-46(35-41)45-20-10-11-21-49(45)58(50)43-16-6-2-7-17-43/h1-36H. The van der Waals surface area contributed by atoms with Gasteiger partial charge in [0.1, 0.15) is 5.65 Å². The maximum atomic E-state index is 5.06. The highest BCUT2D eigenvalue weighted by atomic mass is 15.0. The van der Waals surface area contributed by atoms with Crippen LogP contribution >= 0.6 is 0 Å². The molecule has 0 amide bonds. The number of imidazole rings is 1. The lowest BCUT2D eigenvalue weighted by molar-refractivity contribution is 1.18. The smallest absolute Gasteiger partial charge is 0.137 e. The Morgan fingerprint density at radius 2 is 0.746 bits per heavy atom. The van der Waals surface area contributed by atoms with Gasteiger partial charge in [-0.2, -0.15) is 0 Å². The van der Waals surface area contributed by atoms with Crippen molar-refractivity contribution in [1.82, 2.24) is 18.5 Å². The number of aromatic nitrogens is 4. The van der Waals surface area contributed by atoms with E-state index in [1.54, 1.807) is 0 Å². The maximum absolute atomic E-state index is 5.06. The van der Waals surface area contributed by atoms with E-state index in [1.807, 2.05) is 12.1 Å². The minimum absolute atomic E-state index is 0.934. The lowest BCUT2D eigenvalue weighted by atomic mass is 9.98. The SMILES string of the molecule is c1ccc(-c2nc3ccccn3c2-c2ccc(-c3ccc4c(c3)c3cc(-c5ccc6c(c5)c5ccccc5n6-c5ccccc5)ccc3n4-c3ccccc3)cc2)cc1. The molecule has 0 spiro atoms. The Morgan fingerprint density at radius 3 is 1.34 bits per heavy atom. The molecule has 0 unspecified atom stereocenters. The molecule has 59 heavy (non-hydrogen) atoms. The fourth-order valence-electron chi connectivity index (χ4n) is 9.13. The Balaban J connectivity index is 0.999. The van der Waals surface area contributed by atoms with Crippen molar-refractivity contribution in [2.75, 3.05) is 0 Å². The summed E-state index contributed by atoms with van der Waals surface area (Å²) in [5.41, 5.74) is 17.1. The van der Waals surface area contributed by atoms with E-state index in [2.05, 4.69) is 220 Å². The predicted molar refractivity (Wildman–Crippen MR) is 246 cm³/mol. The third kappa shape index (κ3) is 5.34. The van der Waals surface area contributed by atoms with Crippen molar-refractivity contribution in [3.63, 3.8) is 0 Å². The number of para-hydroxylation sites is 3. The zero-order valence-electron chi connectivity index (χ0n) is 32.1. The molecule has 0 saturated carbocycles. The van der Waals surface area contributed by atoms with E-state index in [-0.39, 0.29) is 0 Å². The predicted octanol–water partition coefficient (Wildman–Crippen LogP) is 14.2. The molecule has 0 aliphatic heterocycles. The van der Waals surface area contributed by atoms with Crippen LogP contribution in [0.3, 0.4) is 0 Å². The summed E-state index contributed by atoms with van der Waals surface area (Å²) in [6.45, 7) is 0. The Hall–Kier alpha value is -7.95. The average molecular weight is 753 g/mol. The maximum Gasteiger partial charge on any atom is 0.137 e. The zero-order valence-corrected chi connectivity index (χ0v) is 32.1. The van der Waals surface area contributed by atoms with Crippen LogP contribution in [0.4, 0.5) is 0 Å². The monoisotopic (exact) mass is 752 g/mol. The van der Waals surface area contributed by atoms with E-state index in [1.165, 1.54) is 71.6 Å². The van der Waals surface area contributed by atoms with Gasteiger partial charge < -0.3 is 9.13 Å². The first kappa shape index (κ1) is 33.2. The first-order chi connectivity index (χ1) is 29.3. The summed E-state index contributed by atoms with van der Waals surface area (Å²) in [6, 6.07) is 76.5. The van der Waals surface area contributed by atoms with Crippen molar-refractivity contribution in [2.24, 2.45) is 0 Å². The van der Waals surface area contributed by atoms with Crippen LogP contribution in [0.2, 0.25) is 0 Å². The fourth-order valence-corrected chi connectivity index (χ4v) is 9.13. The topological polar surface area (TPSA) is 27.2 Å². The van der Waals surface area contributed by atoms with Gasteiger partial charge in [-0.25, -0.2) is 4.98 Å². The van der Waals surface area contributed by atoms with Gasteiger partial charge in [0.2, 0.25) is 0 Å². The Bertz CT molecular complexity index is 3520.